The van der Waals surface area contributed by atoms with Crippen molar-refractivity contribution >= 4 is 11.6 Å². The van der Waals surface area contributed by atoms with Crippen LogP contribution in [-0.2, 0) is 6.54 Å². The molecular weight excluding hydrogens is 208 g/mol. The Morgan fingerprint density at radius 2 is 2.12 bits per heavy atom. The smallest absolute Gasteiger partial charge is 0.282 e. The molecule has 0 unspecified atom stereocenters. The summed E-state index contributed by atoms with van der Waals surface area (Å²) in [5.41, 5.74) is 0.903. The van der Waals surface area contributed by atoms with E-state index in [1.54, 1.807) is 17.0 Å². The van der Waals surface area contributed by atoms with Gasteiger partial charge in [-0.05, 0) is 19.4 Å². The van der Waals surface area contributed by atoms with Crippen molar-refractivity contribution < 1.29 is 9.72 Å². The molecule has 0 radical (unpaired) electrons. The third kappa shape index (κ3) is 1.44. The lowest BCUT2D eigenvalue weighted by molar-refractivity contribution is -0.385. The monoisotopic (exact) mass is 220 g/mol. The summed E-state index contributed by atoms with van der Waals surface area (Å²) in [5, 5.41) is 10.8. The van der Waals surface area contributed by atoms with Gasteiger partial charge >= 0.3 is 0 Å². The van der Waals surface area contributed by atoms with Crippen LogP contribution in [0.3, 0.4) is 0 Å². The lowest BCUT2D eigenvalue weighted by Crippen LogP contribution is -2.30. The first-order chi connectivity index (χ1) is 7.52. The summed E-state index contributed by atoms with van der Waals surface area (Å²) in [7, 11) is 0. The molecule has 0 bridgehead atoms. The fraction of sp³-hybridized carbons (Fsp3) is 0.364. The highest BCUT2D eigenvalue weighted by Gasteiger charge is 2.35. The molecule has 1 aromatic rings. The van der Waals surface area contributed by atoms with E-state index in [2.05, 4.69) is 0 Å². The molecule has 0 aliphatic carbocycles. The molecule has 2 rings (SSSR count). The van der Waals surface area contributed by atoms with E-state index in [-0.39, 0.29) is 23.2 Å². The second kappa shape index (κ2) is 3.59. The summed E-state index contributed by atoms with van der Waals surface area (Å²) in [5.74, 6) is -0.239. The lowest BCUT2D eigenvalue weighted by atomic mass is 10.1. The highest BCUT2D eigenvalue weighted by atomic mass is 16.6. The zero-order valence-electron chi connectivity index (χ0n) is 9.14. The first-order valence-electron chi connectivity index (χ1n) is 5.09. The summed E-state index contributed by atoms with van der Waals surface area (Å²) in [6.07, 6.45) is 0. The van der Waals surface area contributed by atoms with Gasteiger partial charge in [-0.2, -0.15) is 0 Å². The van der Waals surface area contributed by atoms with Gasteiger partial charge < -0.3 is 4.90 Å². The van der Waals surface area contributed by atoms with Crippen LogP contribution in [0.5, 0.6) is 0 Å². The Bertz CT molecular complexity index is 468. The number of carbonyl (C=O) groups is 1. The van der Waals surface area contributed by atoms with Gasteiger partial charge in [0.2, 0.25) is 0 Å². The van der Waals surface area contributed by atoms with E-state index in [1.807, 2.05) is 13.8 Å². The van der Waals surface area contributed by atoms with E-state index < -0.39 is 4.92 Å². The molecule has 1 amide bonds. The Morgan fingerprint density at radius 1 is 1.44 bits per heavy atom. The normalized spacial score (nSPS) is 14.4. The van der Waals surface area contributed by atoms with Crippen LogP contribution in [0.4, 0.5) is 5.69 Å². The predicted molar refractivity (Wildman–Crippen MR) is 58.1 cm³/mol. The van der Waals surface area contributed by atoms with Gasteiger partial charge in [0.25, 0.3) is 11.6 Å². The highest BCUT2D eigenvalue weighted by Crippen LogP contribution is 2.31. The van der Waals surface area contributed by atoms with E-state index in [9.17, 15) is 14.9 Å². The molecule has 0 spiro atoms. The van der Waals surface area contributed by atoms with Crippen molar-refractivity contribution in [3.05, 3.63) is 39.4 Å². The van der Waals surface area contributed by atoms with Crippen LogP contribution in [0.25, 0.3) is 0 Å². The van der Waals surface area contributed by atoms with Crippen LogP contribution in [0.15, 0.2) is 18.2 Å². The van der Waals surface area contributed by atoms with Gasteiger partial charge in [0.1, 0.15) is 5.56 Å². The van der Waals surface area contributed by atoms with Crippen molar-refractivity contribution in [1.29, 1.82) is 0 Å². The summed E-state index contributed by atoms with van der Waals surface area (Å²) in [6.45, 7) is 4.26. The first kappa shape index (κ1) is 10.6. The SMILES string of the molecule is CC(C)N1Cc2cccc([N+](=O)[O-])c2C1=O. The third-order valence-corrected chi connectivity index (χ3v) is 2.76. The van der Waals surface area contributed by atoms with Gasteiger partial charge in [-0.25, -0.2) is 0 Å². The highest BCUT2D eigenvalue weighted by molar-refractivity contribution is 6.02. The summed E-state index contributed by atoms with van der Waals surface area (Å²) < 4.78 is 0. The van der Waals surface area contributed by atoms with Gasteiger partial charge in [0, 0.05) is 18.7 Å². The Labute approximate surface area is 92.8 Å². The average molecular weight is 220 g/mol. The van der Waals surface area contributed by atoms with Gasteiger partial charge in [-0.3, -0.25) is 14.9 Å². The van der Waals surface area contributed by atoms with Crippen LogP contribution in [0.2, 0.25) is 0 Å². The predicted octanol–water partition coefficient (Wildman–Crippen LogP) is 1.96. The number of nitrogens with zero attached hydrogens (tertiary/aromatic N) is 2. The van der Waals surface area contributed by atoms with E-state index in [0.717, 1.165) is 5.56 Å². The molecule has 1 heterocycles. The second-order valence-electron chi connectivity index (χ2n) is 4.10. The van der Waals surface area contributed by atoms with E-state index in [0.29, 0.717) is 6.54 Å². The molecule has 1 aromatic carbocycles. The zero-order chi connectivity index (χ0) is 11.9. The van der Waals surface area contributed by atoms with Gasteiger partial charge in [0.05, 0.1) is 4.92 Å². The van der Waals surface area contributed by atoms with Crippen LogP contribution in [-0.4, -0.2) is 21.8 Å². The Balaban J connectivity index is 2.52. The van der Waals surface area contributed by atoms with Crippen LogP contribution < -0.4 is 0 Å². The van der Waals surface area contributed by atoms with Crippen molar-refractivity contribution in [2.24, 2.45) is 0 Å². The largest absolute Gasteiger partial charge is 0.332 e. The topological polar surface area (TPSA) is 63.4 Å². The molecule has 1 aliphatic rings. The summed E-state index contributed by atoms with van der Waals surface area (Å²) in [4.78, 5) is 23.9. The molecular formula is C11H12N2O3. The van der Waals surface area contributed by atoms with Crippen molar-refractivity contribution in [2.45, 2.75) is 26.4 Å². The summed E-state index contributed by atoms with van der Waals surface area (Å²) in [6, 6.07) is 4.82. The Kier molecular flexibility index (Phi) is 2.38. The lowest BCUT2D eigenvalue weighted by Gasteiger charge is -2.19. The minimum absolute atomic E-state index is 0.0551. The number of rotatable bonds is 2. The molecule has 0 aromatic heterocycles. The number of nitro benzene ring substituents is 1. The van der Waals surface area contributed by atoms with Crippen LogP contribution >= 0.6 is 0 Å². The van der Waals surface area contributed by atoms with Gasteiger partial charge in [-0.1, -0.05) is 12.1 Å². The molecule has 1 aliphatic heterocycles. The number of benzene rings is 1. The molecule has 0 saturated heterocycles. The molecule has 0 fully saturated rings. The maximum atomic E-state index is 12.0. The molecule has 0 atom stereocenters. The van der Waals surface area contributed by atoms with Crippen molar-refractivity contribution in [3.63, 3.8) is 0 Å². The number of hydrogen-bond donors (Lipinski definition) is 0. The molecule has 0 saturated carbocycles. The molecule has 84 valence electrons. The molecule has 5 heteroatoms. The third-order valence-electron chi connectivity index (χ3n) is 2.76. The number of nitro groups is 1. The quantitative estimate of drug-likeness (QED) is 0.565. The number of fused-ring (bicyclic) bond motifs is 1. The fourth-order valence-corrected chi connectivity index (χ4v) is 1.93. The van der Waals surface area contributed by atoms with Gasteiger partial charge in [0.15, 0.2) is 0 Å². The van der Waals surface area contributed by atoms with E-state index in [1.165, 1.54) is 6.07 Å². The molecule has 5 nitrogen and oxygen atoms in total. The Morgan fingerprint density at radius 3 is 2.69 bits per heavy atom. The fourth-order valence-electron chi connectivity index (χ4n) is 1.93. The first-order valence-corrected chi connectivity index (χ1v) is 5.09. The van der Waals surface area contributed by atoms with Gasteiger partial charge in [-0.15, -0.1) is 0 Å². The Hall–Kier alpha value is -1.91. The molecule has 0 N–H and O–H groups in total. The maximum absolute atomic E-state index is 12.0. The minimum Gasteiger partial charge on any atom is -0.332 e. The number of hydrogen-bond acceptors (Lipinski definition) is 3. The van der Waals surface area contributed by atoms with Crippen molar-refractivity contribution in [2.75, 3.05) is 0 Å². The standard InChI is InChI=1S/C11H12N2O3/c1-7(2)12-6-8-4-3-5-9(13(15)16)10(8)11(12)14/h3-5,7H,6H2,1-2H3. The number of carbonyl (C=O) groups excluding carboxylic acids is 1. The zero-order valence-corrected chi connectivity index (χ0v) is 9.14. The molecule has 16 heavy (non-hydrogen) atoms. The van der Waals surface area contributed by atoms with E-state index >= 15 is 0 Å². The van der Waals surface area contributed by atoms with Crippen molar-refractivity contribution in [1.82, 2.24) is 4.90 Å². The van der Waals surface area contributed by atoms with Crippen molar-refractivity contribution in [3.8, 4) is 0 Å². The van der Waals surface area contributed by atoms with E-state index in [4.69, 9.17) is 0 Å². The maximum Gasteiger partial charge on any atom is 0.282 e. The summed E-state index contributed by atoms with van der Waals surface area (Å²) >= 11 is 0. The second-order valence-corrected chi connectivity index (χ2v) is 4.10. The average Bonchev–Trinajstić information content (AvgIpc) is 2.56. The van der Waals surface area contributed by atoms with Crippen LogP contribution in [0, 0.1) is 10.1 Å². The minimum atomic E-state index is -0.499. The number of amides is 1. The van der Waals surface area contributed by atoms with Crippen LogP contribution in [0.1, 0.15) is 29.8 Å².